The first-order valence-corrected chi connectivity index (χ1v) is 7.80. The Kier molecular flexibility index (Phi) is 4.94. The highest BCUT2D eigenvalue weighted by atomic mass is 32.2. The van der Waals surface area contributed by atoms with Gasteiger partial charge >= 0.3 is 0 Å². The van der Waals surface area contributed by atoms with E-state index >= 15 is 0 Å². The normalized spacial score (nSPS) is 11.5. The molecule has 0 radical (unpaired) electrons. The third kappa shape index (κ3) is 4.28. The van der Waals surface area contributed by atoms with Crippen molar-refractivity contribution in [1.82, 2.24) is 14.6 Å². The lowest BCUT2D eigenvalue weighted by molar-refractivity contribution is 0.412. The molecule has 7 nitrogen and oxygen atoms in total. The summed E-state index contributed by atoms with van der Waals surface area (Å²) in [6.07, 6.45) is 0.439. The topological polar surface area (TPSA) is 93.5 Å². The Bertz CT molecular complexity index is 697. The van der Waals surface area contributed by atoms with Gasteiger partial charge in [0.1, 0.15) is 5.75 Å². The van der Waals surface area contributed by atoms with Crippen LogP contribution in [0.3, 0.4) is 0 Å². The molecule has 0 atom stereocenters. The maximum absolute atomic E-state index is 11.2. The molecule has 0 aliphatic heterocycles. The molecule has 0 fully saturated rings. The standard InChI is InChI=1S/C13H17N3O4S/c1-14-21(17,18)15-7-6-11-9-13(20-16-11)10-4-3-5-12(8-10)19-2/h3-5,8-9,14-15H,6-7H2,1-2H3. The molecule has 114 valence electrons. The number of aromatic nitrogens is 1. The van der Waals surface area contributed by atoms with Gasteiger partial charge in [0, 0.05) is 31.6 Å². The highest BCUT2D eigenvalue weighted by molar-refractivity contribution is 7.87. The highest BCUT2D eigenvalue weighted by Gasteiger charge is 2.09. The number of methoxy groups -OCH3 is 1. The van der Waals surface area contributed by atoms with E-state index in [4.69, 9.17) is 9.26 Å². The lowest BCUT2D eigenvalue weighted by Crippen LogP contribution is -2.35. The lowest BCUT2D eigenvalue weighted by Gasteiger charge is -2.02. The van der Waals surface area contributed by atoms with Crippen LogP contribution in [-0.4, -0.2) is 34.3 Å². The first-order chi connectivity index (χ1) is 10.0. The van der Waals surface area contributed by atoms with Gasteiger partial charge in [0.25, 0.3) is 10.2 Å². The molecule has 8 heteroatoms. The monoisotopic (exact) mass is 311 g/mol. The van der Waals surface area contributed by atoms with Crippen molar-refractivity contribution < 1.29 is 17.7 Å². The highest BCUT2D eigenvalue weighted by Crippen LogP contribution is 2.24. The molecule has 2 rings (SSSR count). The summed E-state index contributed by atoms with van der Waals surface area (Å²) >= 11 is 0. The van der Waals surface area contributed by atoms with Crippen molar-refractivity contribution in [3.63, 3.8) is 0 Å². The van der Waals surface area contributed by atoms with Crippen LogP contribution in [0.1, 0.15) is 5.69 Å². The minimum atomic E-state index is -3.42. The van der Waals surface area contributed by atoms with Gasteiger partial charge in [0.2, 0.25) is 0 Å². The van der Waals surface area contributed by atoms with Crippen molar-refractivity contribution in [2.24, 2.45) is 0 Å². The summed E-state index contributed by atoms with van der Waals surface area (Å²) in [5.74, 6) is 1.34. The Morgan fingerprint density at radius 1 is 1.33 bits per heavy atom. The maximum atomic E-state index is 11.2. The molecular formula is C13H17N3O4S. The van der Waals surface area contributed by atoms with Crippen molar-refractivity contribution >= 4 is 10.2 Å². The van der Waals surface area contributed by atoms with Crippen molar-refractivity contribution in [3.8, 4) is 17.1 Å². The molecule has 1 aromatic heterocycles. The van der Waals surface area contributed by atoms with Gasteiger partial charge < -0.3 is 9.26 Å². The molecule has 1 aromatic carbocycles. The molecule has 0 amide bonds. The SMILES string of the molecule is CNS(=O)(=O)NCCc1cc(-c2cccc(OC)c2)on1. The van der Waals surface area contributed by atoms with Gasteiger partial charge in [-0.15, -0.1) is 0 Å². The summed E-state index contributed by atoms with van der Waals surface area (Å²) in [4.78, 5) is 0. The fraction of sp³-hybridized carbons (Fsp3) is 0.308. The molecule has 0 spiro atoms. The second-order valence-corrected chi connectivity index (χ2v) is 5.97. The molecule has 1 heterocycles. The summed E-state index contributed by atoms with van der Waals surface area (Å²) in [6.45, 7) is 0.243. The van der Waals surface area contributed by atoms with Gasteiger partial charge in [-0.1, -0.05) is 17.3 Å². The third-order valence-corrected chi connectivity index (χ3v) is 3.98. The maximum Gasteiger partial charge on any atom is 0.276 e. The molecule has 0 saturated carbocycles. The van der Waals surface area contributed by atoms with Crippen molar-refractivity contribution in [2.45, 2.75) is 6.42 Å². The molecule has 2 N–H and O–H groups in total. The summed E-state index contributed by atoms with van der Waals surface area (Å²) in [6, 6.07) is 9.21. The molecular weight excluding hydrogens is 294 g/mol. The average molecular weight is 311 g/mol. The van der Waals surface area contributed by atoms with Crippen molar-refractivity contribution in [3.05, 3.63) is 36.0 Å². The van der Waals surface area contributed by atoms with Crippen molar-refractivity contribution in [1.29, 1.82) is 0 Å². The quantitative estimate of drug-likeness (QED) is 0.794. The first-order valence-electron chi connectivity index (χ1n) is 6.32. The van der Waals surface area contributed by atoms with Crippen LogP contribution in [0.25, 0.3) is 11.3 Å². The fourth-order valence-electron chi connectivity index (χ4n) is 1.73. The summed E-state index contributed by atoms with van der Waals surface area (Å²) in [5.41, 5.74) is 1.52. The molecule has 2 aromatic rings. The van der Waals surface area contributed by atoms with E-state index in [-0.39, 0.29) is 6.54 Å². The zero-order chi connectivity index (χ0) is 15.3. The van der Waals surface area contributed by atoms with E-state index in [2.05, 4.69) is 14.6 Å². The fourth-order valence-corrected chi connectivity index (χ4v) is 2.24. The van der Waals surface area contributed by atoms with E-state index in [9.17, 15) is 8.42 Å². The third-order valence-electron chi connectivity index (χ3n) is 2.86. The number of hydrogen-bond acceptors (Lipinski definition) is 5. The summed E-state index contributed by atoms with van der Waals surface area (Å²) in [5, 5.41) is 3.92. The van der Waals surface area contributed by atoms with Crippen molar-refractivity contribution in [2.75, 3.05) is 20.7 Å². The molecule has 0 aliphatic carbocycles. The van der Waals surface area contributed by atoms with Crippen LogP contribution in [0.4, 0.5) is 0 Å². The van der Waals surface area contributed by atoms with E-state index in [0.717, 1.165) is 11.3 Å². The Labute approximate surface area is 123 Å². The molecule has 0 bridgehead atoms. The number of nitrogens with zero attached hydrogens (tertiary/aromatic N) is 1. The molecule has 0 unspecified atom stereocenters. The van der Waals surface area contributed by atoms with Crippen LogP contribution in [-0.2, 0) is 16.6 Å². The summed E-state index contributed by atoms with van der Waals surface area (Å²) in [7, 11) is -0.476. The second kappa shape index (κ2) is 6.70. The van der Waals surface area contributed by atoms with Gasteiger partial charge in [-0.25, -0.2) is 9.44 Å². The van der Waals surface area contributed by atoms with Crippen LogP contribution in [0.5, 0.6) is 5.75 Å². The largest absolute Gasteiger partial charge is 0.497 e. The smallest absolute Gasteiger partial charge is 0.276 e. The lowest BCUT2D eigenvalue weighted by atomic mass is 10.1. The number of ether oxygens (including phenoxy) is 1. The van der Waals surface area contributed by atoms with Crippen LogP contribution >= 0.6 is 0 Å². The van der Waals surface area contributed by atoms with Gasteiger partial charge in [0.05, 0.1) is 12.8 Å². The first kappa shape index (κ1) is 15.5. The minimum Gasteiger partial charge on any atom is -0.497 e. The molecule has 21 heavy (non-hydrogen) atoms. The zero-order valence-corrected chi connectivity index (χ0v) is 12.6. The van der Waals surface area contributed by atoms with E-state index in [0.29, 0.717) is 17.9 Å². The minimum absolute atomic E-state index is 0.243. The van der Waals surface area contributed by atoms with Gasteiger partial charge in [-0.2, -0.15) is 8.42 Å². The Balaban J connectivity index is 2.01. The van der Waals surface area contributed by atoms with E-state index in [1.165, 1.54) is 7.05 Å². The predicted molar refractivity (Wildman–Crippen MR) is 78.2 cm³/mol. The van der Waals surface area contributed by atoms with Crippen LogP contribution in [0, 0.1) is 0 Å². The Hall–Kier alpha value is -1.90. The number of benzene rings is 1. The number of hydrogen-bond donors (Lipinski definition) is 2. The van der Waals surface area contributed by atoms with Gasteiger partial charge in [-0.3, -0.25) is 0 Å². The Morgan fingerprint density at radius 2 is 2.14 bits per heavy atom. The molecule has 0 saturated heterocycles. The van der Waals surface area contributed by atoms with Crippen LogP contribution in [0.2, 0.25) is 0 Å². The summed E-state index contributed by atoms with van der Waals surface area (Å²) < 4.78 is 37.4. The number of nitrogens with one attached hydrogen (secondary N) is 2. The van der Waals surface area contributed by atoms with E-state index in [1.807, 2.05) is 24.3 Å². The van der Waals surface area contributed by atoms with Crippen LogP contribution < -0.4 is 14.2 Å². The number of rotatable bonds is 7. The van der Waals surface area contributed by atoms with Gasteiger partial charge in [-0.05, 0) is 12.1 Å². The molecule has 0 aliphatic rings. The zero-order valence-electron chi connectivity index (χ0n) is 11.8. The van der Waals surface area contributed by atoms with E-state index < -0.39 is 10.2 Å². The predicted octanol–water partition coefficient (Wildman–Crippen LogP) is 0.946. The van der Waals surface area contributed by atoms with Crippen LogP contribution in [0.15, 0.2) is 34.9 Å². The van der Waals surface area contributed by atoms with E-state index in [1.54, 1.807) is 13.2 Å². The Morgan fingerprint density at radius 3 is 2.86 bits per heavy atom. The second-order valence-electron chi connectivity index (χ2n) is 4.27. The average Bonchev–Trinajstić information content (AvgIpc) is 2.96. The van der Waals surface area contributed by atoms with Gasteiger partial charge in [0.15, 0.2) is 5.76 Å².